The number of likely N-dealkylation sites (tertiary alicyclic amines) is 1. The summed E-state index contributed by atoms with van der Waals surface area (Å²) in [5.41, 5.74) is -0.954. The fraction of sp³-hybridized carbons (Fsp3) is 0.421. The number of halogens is 1. The van der Waals surface area contributed by atoms with Crippen LogP contribution in [0, 0.1) is 0 Å². The van der Waals surface area contributed by atoms with E-state index in [2.05, 4.69) is 9.97 Å². The molecule has 0 saturated carbocycles. The second-order valence-electron chi connectivity index (χ2n) is 6.71. The molecule has 6 nitrogen and oxygen atoms in total. The fourth-order valence-corrected chi connectivity index (χ4v) is 3.02. The maximum absolute atomic E-state index is 12.9. The van der Waals surface area contributed by atoms with E-state index in [0.29, 0.717) is 29.9 Å². The van der Waals surface area contributed by atoms with Gasteiger partial charge in [0.15, 0.2) is 5.60 Å². The minimum absolute atomic E-state index is 0.0155. The molecule has 1 aliphatic rings. The van der Waals surface area contributed by atoms with Crippen LogP contribution in [0.25, 0.3) is 0 Å². The van der Waals surface area contributed by atoms with E-state index >= 15 is 0 Å². The number of aromatic nitrogens is 2. The van der Waals surface area contributed by atoms with E-state index in [1.54, 1.807) is 56.6 Å². The Hall–Kier alpha value is -2.34. The molecule has 2 heterocycles. The molecule has 1 amide bonds. The highest BCUT2D eigenvalue weighted by molar-refractivity contribution is 6.30. The molecule has 1 aromatic carbocycles. The molecular weight excluding hydrogens is 354 g/mol. The summed E-state index contributed by atoms with van der Waals surface area (Å²) < 4.78 is 11.7. The number of amides is 1. The number of carbonyl (C=O) groups excluding carboxylic acids is 1. The van der Waals surface area contributed by atoms with Gasteiger partial charge in [0.2, 0.25) is 0 Å². The zero-order valence-electron chi connectivity index (χ0n) is 14.9. The highest BCUT2D eigenvalue weighted by Gasteiger charge is 2.36. The molecule has 0 atom stereocenters. The van der Waals surface area contributed by atoms with E-state index in [4.69, 9.17) is 21.1 Å². The predicted octanol–water partition coefficient (Wildman–Crippen LogP) is 3.36. The van der Waals surface area contributed by atoms with Gasteiger partial charge < -0.3 is 14.4 Å². The van der Waals surface area contributed by atoms with Crippen molar-refractivity contribution in [1.82, 2.24) is 14.9 Å². The summed E-state index contributed by atoms with van der Waals surface area (Å²) in [4.78, 5) is 22.8. The van der Waals surface area contributed by atoms with Crippen LogP contribution in [-0.4, -0.2) is 45.6 Å². The van der Waals surface area contributed by atoms with Crippen LogP contribution in [-0.2, 0) is 4.79 Å². The molecule has 0 bridgehead atoms. The van der Waals surface area contributed by atoms with Gasteiger partial charge in [-0.05, 0) is 44.2 Å². The smallest absolute Gasteiger partial charge is 0.316 e. The van der Waals surface area contributed by atoms with E-state index in [1.165, 1.54) is 0 Å². The third-order valence-electron chi connectivity index (χ3n) is 4.25. The van der Waals surface area contributed by atoms with Crippen molar-refractivity contribution in [1.29, 1.82) is 0 Å². The number of ether oxygens (including phenoxy) is 2. The van der Waals surface area contributed by atoms with E-state index in [-0.39, 0.29) is 12.0 Å². The van der Waals surface area contributed by atoms with Crippen LogP contribution in [0.2, 0.25) is 5.02 Å². The number of rotatable bonds is 5. The summed E-state index contributed by atoms with van der Waals surface area (Å²) in [5, 5.41) is 0.631. The normalized spacial score (nSPS) is 15.6. The van der Waals surface area contributed by atoms with Gasteiger partial charge in [-0.2, -0.15) is 0 Å². The van der Waals surface area contributed by atoms with Crippen LogP contribution in [0.15, 0.2) is 42.7 Å². The lowest BCUT2D eigenvalue weighted by Gasteiger charge is -2.36. The number of piperidine rings is 1. The van der Waals surface area contributed by atoms with Gasteiger partial charge in [-0.3, -0.25) is 4.79 Å². The minimum Gasteiger partial charge on any atom is -0.478 e. The number of hydrogen-bond acceptors (Lipinski definition) is 5. The number of nitrogens with zero attached hydrogens (tertiary/aromatic N) is 3. The molecule has 3 rings (SSSR count). The second-order valence-corrected chi connectivity index (χ2v) is 7.14. The number of carbonyl (C=O) groups is 1. The first-order chi connectivity index (χ1) is 12.4. The molecule has 7 heteroatoms. The van der Waals surface area contributed by atoms with E-state index in [1.807, 2.05) is 4.90 Å². The average Bonchev–Trinajstić information content (AvgIpc) is 2.64. The van der Waals surface area contributed by atoms with Crippen molar-refractivity contribution in [2.24, 2.45) is 0 Å². The van der Waals surface area contributed by atoms with Crippen molar-refractivity contribution in [2.75, 3.05) is 13.1 Å². The van der Waals surface area contributed by atoms with Crippen molar-refractivity contribution in [2.45, 2.75) is 38.4 Å². The predicted molar refractivity (Wildman–Crippen MR) is 98.4 cm³/mol. The van der Waals surface area contributed by atoms with Crippen molar-refractivity contribution < 1.29 is 14.3 Å². The van der Waals surface area contributed by atoms with Gasteiger partial charge in [0.05, 0.1) is 0 Å². The Balaban J connectivity index is 1.54. The molecule has 1 aliphatic heterocycles. The summed E-state index contributed by atoms with van der Waals surface area (Å²) >= 11 is 5.89. The SMILES string of the molecule is CC(C)(Oc1ccc(Cl)cc1)C(=O)N1CCC(Oc2ncccn2)CC1. The average molecular weight is 376 g/mol. The Morgan fingerprint density at radius 2 is 1.77 bits per heavy atom. The van der Waals surface area contributed by atoms with Gasteiger partial charge in [0.1, 0.15) is 11.9 Å². The molecule has 1 saturated heterocycles. The van der Waals surface area contributed by atoms with Crippen molar-refractivity contribution in [3.05, 3.63) is 47.7 Å². The lowest BCUT2D eigenvalue weighted by atomic mass is 10.0. The molecule has 2 aromatic rings. The summed E-state index contributed by atoms with van der Waals surface area (Å²) in [6, 6.07) is 9.13. The lowest BCUT2D eigenvalue weighted by Crippen LogP contribution is -2.52. The Bertz CT molecular complexity index is 729. The van der Waals surface area contributed by atoms with Crippen LogP contribution in [0.5, 0.6) is 11.8 Å². The molecule has 26 heavy (non-hydrogen) atoms. The third-order valence-corrected chi connectivity index (χ3v) is 4.50. The summed E-state index contributed by atoms with van der Waals surface area (Å²) in [7, 11) is 0. The van der Waals surface area contributed by atoms with Gasteiger partial charge in [-0.1, -0.05) is 11.6 Å². The maximum Gasteiger partial charge on any atom is 0.316 e. The van der Waals surface area contributed by atoms with Crippen LogP contribution in [0.3, 0.4) is 0 Å². The van der Waals surface area contributed by atoms with E-state index in [9.17, 15) is 4.79 Å². The zero-order chi connectivity index (χ0) is 18.6. The molecule has 0 spiro atoms. The van der Waals surface area contributed by atoms with E-state index in [0.717, 1.165) is 12.8 Å². The molecule has 0 unspecified atom stereocenters. The standard InChI is InChI=1S/C19H22ClN3O3/c1-19(2,26-16-6-4-14(20)5-7-16)17(24)23-12-8-15(9-13-23)25-18-21-10-3-11-22-18/h3-7,10-11,15H,8-9,12-13H2,1-2H3. The second kappa shape index (κ2) is 7.91. The van der Waals surface area contributed by atoms with Crippen molar-refractivity contribution >= 4 is 17.5 Å². The molecule has 0 N–H and O–H groups in total. The van der Waals surface area contributed by atoms with Crippen molar-refractivity contribution in [3.63, 3.8) is 0 Å². The third kappa shape index (κ3) is 4.64. The van der Waals surface area contributed by atoms with Gasteiger partial charge >= 0.3 is 6.01 Å². The maximum atomic E-state index is 12.9. The molecule has 1 aromatic heterocycles. The summed E-state index contributed by atoms with van der Waals surface area (Å²) in [6.07, 6.45) is 4.79. The first-order valence-corrected chi connectivity index (χ1v) is 8.99. The summed E-state index contributed by atoms with van der Waals surface area (Å²) in [5.74, 6) is 0.578. The van der Waals surface area contributed by atoms with Gasteiger partial charge in [0, 0.05) is 43.3 Å². The largest absolute Gasteiger partial charge is 0.478 e. The molecule has 138 valence electrons. The number of benzene rings is 1. The first-order valence-electron chi connectivity index (χ1n) is 8.62. The van der Waals surface area contributed by atoms with E-state index < -0.39 is 5.60 Å². The van der Waals surface area contributed by atoms with Crippen LogP contribution in [0.1, 0.15) is 26.7 Å². The highest BCUT2D eigenvalue weighted by Crippen LogP contribution is 2.24. The topological polar surface area (TPSA) is 64.5 Å². The fourth-order valence-electron chi connectivity index (χ4n) is 2.89. The Kier molecular flexibility index (Phi) is 5.61. The Morgan fingerprint density at radius 3 is 2.38 bits per heavy atom. The van der Waals surface area contributed by atoms with Crippen LogP contribution < -0.4 is 9.47 Å². The Labute approximate surface area is 158 Å². The minimum atomic E-state index is -0.954. The molecule has 1 fully saturated rings. The zero-order valence-corrected chi connectivity index (χ0v) is 15.6. The molecule has 0 aliphatic carbocycles. The summed E-state index contributed by atoms with van der Waals surface area (Å²) in [6.45, 7) is 4.79. The van der Waals surface area contributed by atoms with Gasteiger partial charge in [-0.25, -0.2) is 9.97 Å². The molecular formula is C19H22ClN3O3. The van der Waals surface area contributed by atoms with Crippen molar-refractivity contribution in [3.8, 4) is 11.8 Å². The number of hydrogen-bond donors (Lipinski definition) is 0. The van der Waals surface area contributed by atoms with Gasteiger partial charge in [-0.15, -0.1) is 0 Å². The molecule has 0 radical (unpaired) electrons. The Morgan fingerprint density at radius 1 is 1.15 bits per heavy atom. The monoisotopic (exact) mass is 375 g/mol. The van der Waals surface area contributed by atoms with Crippen LogP contribution >= 0.6 is 11.6 Å². The first kappa shape index (κ1) is 18.5. The highest BCUT2D eigenvalue weighted by atomic mass is 35.5. The van der Waals surface area contributed by atoms with Gasteiger partial charge in [0.25, 0.3) is 5.91 Å². The van der Waals surface area contributed by atoms with Crippen LogP contribution in [0.4, 0.5) is 0 Å². The lowest BCUT2D eigenvalue weighted by molar-refractivity contribution is -0.147. The quantitative estimate of drug-likeness (QED) is 0.801.